The number of phenolic OH excluding ortho intramolecular Hbond substituents is 1. The number of halogens is 2. The molecule has 1 aliphatic carbocycles. The van der Waals surface area contributed by atoms with E-state index in [9.17, 15) is 22.7 Å². The molecule has 2 aliphatic rings. The Morgan fingerprint density at radius 1 is 1.21 bits per heavy atom. The molecule has 0 unspecified atom stereocenters. The van der Waals surface area contributed by atoms with Gasteiger partial charge in [-0.1, -0.05) is 12.1 Å². The van der Waals surface area contributed by atoms with Gasteiger partial charge in [-0.15, -0.1) is 11.6 Å². The zero-order chi connectivity index (χ0) is 23.3. The molecule has 1 aliphatic heterocycles. The lowest BCUT2D eigenvalue weighted by Crippen LogP contribution is -2.34. The number of amides is 1. The number of pyridine rings is 1. The van der Waals surface area contributed by atoms with Gasteiger partial charge in [0.05, 0.1) is 11.3 Å². The van der Waals surface area contributed by atoms with Crippen molar-refractivity contribution in [2.45, 2.75) is 25.9 Å². The molecular formula is C23H21ClFN3O4S. The molecule has 1 aromatic heterocycles. The number of benzene rings is 2. The molecule has 7 nitrogen and oxygen atoms in total. The first kappa shape index (κ1) is 21.9. The van der Waals surface area contributed by atoms with Crippen molar-refractivity contribution in [3.63, 3.8) is 0 Å². The van der Waals surface area contributed by atoms with Gasteiger partial charge < -0.3 is 10.0 Å². The number of alkyl halides is 1. The molecule has 10 heteroatoms. The highest BCUT2D eigenvalue weighted by atomic mass is 35.5. The van der Waals surface area contributed by atoms with Crippen LogP contribution in [0.25, 0.3) is 10.9 Å². The molecule has 1 N–H and O–H groups in total. The van der Waals surface area contributed by atoms with Gasteiger partial charge in [0.25, 0.3) is 5.91 Å². The van der Waals surface area contributed by atoms with E-state index in [0.29, 0.717) is 22.2 Å². The number of hydrogen-bond donors (Lipinski definition) is 1. The molecule has 0 atom stereocenters. The Hall–Kier alpha value is -2.91. The summed E-state index contributed by atoms with van der Waals surface area (Å²) in [5.74, 6) is -0.874. The average Bonchev–Trinajstić information content (AvgIpc) is 3.57. The minimum atomic E-state index is -3.88. The first-order valence-electron chi connectivity index (χ1n) is 10.5. The minimum absolute atomic E-state index is 0.0453. The van der Waals surface area contributed by atoms with E-state index in [2.05, 4.69) is 4.98 Å². The smallest absolute Gasteiger partial charge is 0.258 e. The van der Waals surface area contributed by atoms with Crippen molar-refractivity contribution in [1.29, 1.82) is 0 Å². The predicted octanol–water partition coefficient (Wildman–Crippen LogP) is 3.98. The van der Waals surface area contributed by atoms with Gasteiger partial charge in [-0.2, -0.15) is 0 Å². The molecule has 3 aromatic rings. The third kappa shape index (κ3) is 3.89. The van der Waals surface area contributed by atoms with E-state index >= 15 is 0 Å². The third-order valence-electron chi connectivity index (χ3n) is 6.09. The predicted molar refractivity (Wildman–Crippen MR) is 123 cm³/mol. The molecule has 1 amide bonds. The molecule has 2 heterocycles. The summed E-state index contributed by atoms with van der Waals surface area (Å²) in [6, 6.07) is 9.15. The number of carbonyl (C=O) groups is 1. The van der Waals surface area contributed by atoms with Crippen molar-refractivity contribution >= 4 is 44.1 Å². The van der Waals surface area contributed by atoms with Gasteiger partial charge in [0.15, 0.2) is 5.75 Å². The summed E-state index contributed by atoms with van der Waals surface area (Å²) in [7, 11) is -3.88. The van der Waals surface area contributed by atoms with Crippen LogP contribution >= 0.6 is 11.6 Å². The quantitative estimate of drug-likeness (QED) is 0.507. The SMILES string of the molecule is O=C1c2c(c(N(CC3CC3)S(=O)(=O)CCl)c3cccnc3c2O)CN1Cc1ccc(F)cc1. The van der Waals surface area contributed by atoms with Crippen molar-refractivity contribution in [2.75, 3.05) is 16.1 Å². The van der Waals surface area contributed by atoms with Crippen molar-refractivity contribution in [2.24, 2.45) is 5.92 Å². The second-order valence-corrected chi connectivity index (χ2v) is 10.9. The Labute approximate surface area is 195 Å². The summed E-state index contributed by atoms with van der Waals surface area (Å²) in [6.45, 7) is 0.530. The first-order valence-corrected chi connectivity index (χ1v) is 12.7. The van der Waals surface area contributed by atoms with Gasteiger partial charge in [-0.25, -0.2) is 12.8 Å². The Balaban J connectivity index is 1.67. The topological polar surface area (TPSA) is 90.8 Å². The Bertz CT molecular complexity index is 1360. The molecule has 1 saturated carbocycles. The highest BCUT2D eigenvalue weighted by Crippen LogP contribution is 2.46. The zero-order valence-corrected chi connectivity index (χ0v) is 19.1. The lowest BCUT2D eigenvalue weighted by molar-refractivity contribution is 0.0764. The molecule has 0 spiro atoms. The van der Waals surface area contributed by atoms with Crippen LogP contribution < -0.4 is 4.31 Å². The minimum Gasteiger partial charge on any atom is -0.505 e. The van der Waals surface area contributed by atoms with Crippen molar-refractivity contribution < 1.29 is 22.7 Å². The molecule has 0 radical (unpaired) electrons. The summed E-state index contributed by atoms with van der Waals surface area (Å²) >= 11 is 5.85. The molecule has 5 rings (SSSR count). The highest BCUT2D eigenvalue weighted by molar-refractivity contribution is 7.93. The summed E-state index contributed by atoms with van der Waals surface area (Å²) in [5, 5.41) is 10.8. The standard InChI is InChI=1S/C23H21ClFN3O4S/c24-13-33(31,32)28(11-15-3-4-15)21-17-2-1-9-26-20(17)22(29)19-18(21)12-27(23(19)30)10-14-5-7-16(25)8-6-14/h1-2,5-9,15,29H,3-4,10-13H2. The molecule has 172 valence electrons. The van der Waals surface area contributed by atoms with Crippen LogP contribution in [0.2, 0.25) is 0 Å². The second kappa shape index (κ2) is 8.14. The maximum absolute atomic E-state index is 13.3. The van der Waals surface area contributed by atoms with E-state index < -0.39 is 21.1 Å². The number of sulfonamides is 1. The molecule has 2 aromatic carbocycles. The van der Waals surface area contributed by atoms with Crippen LogP contribution in [0.3, 0.4) is 0 Å². The monoisotopic (exact) mass is 489 g/mol. The van der Waals surface area contributed by atoms with E-state index in [4.69, 9.17) is 11.6 Å². The van der Waals surface area contributed by atoms with E-state index in [1.807, 2.05) is 0 Å². The van der Waals surface area contributed by atoms with Crippen molar-refractivity contribution in [3.05, 3.63) is 65.1 Å². The fourth-order valence-corrected chi connectivity index (χ4v) is 5.69. The second-order valence-electron chi connectivity index (χ2n) is 8.43. The number of fused-ring (bicyclic) bond motifs is 2. The summed E-state index contributed by atoms with van der Waals surface area (Å²) in [4.78, 5) is 19.1. The normalized spacial score (nSPS) is 15.8. The number of phenols is 1. The summed E-state index contributed by atoms with van der Waals surface area (Å²) in [6.07, 6.45) is 3.32. The molecule has 0 bridgehead atoms. The number of anilines is 1. The van der Waals surface area contributed by atoms with E-state index in [0.717, 1.165) is 12.8 Å². The highest BCUT2D eigenvalue weighted by Gasteiger charge is 2.40. The number of nitrogens with zero attached hydrogens (tertiary/aromatic N) is 3. The van der Waals surface area contributed by atoms with Gasteiger partial charge >= 0.3 is 0 Å². The zero-order valence-electron chi connectivity index (χ0n) is 17.5. The summed E-state index contributed by atoms with van der Waals surface area (Å²) in [5.41, 5.74) is 1.69. The Kier molecular flexibility index (Phi) is 5.41. The maximum atomic E-state index is 13.3. The van der Waals surface area contributed by atoms with Gasteiger partial charge in [-0.05, 0) is 48.6 Å². The number of hydrogen-bond acceptors (Lipinski definition) is 5. The van der Waals surface area contributed by atoms with Crippen LogP contribution in [0.1, 0.15) is 34.3 Å². The van der Waals surface area contributed by atoms with Crippen LogP contribution in [-0.2, 0) is 23.1 Å². The van der Waals surface area contributed by atoms with Crippen LogP contribution in [-0.4, -0.2) is 41.1 Å². The van der Waals surface area contributed by atoms with Crippen LogP contribution in [0.4, 0.5) is 10.1 Å². The van der Waals surface area contributed by atoms with E-state index in [1.54, 1.807) is 24.3 Å². The van der Waals surface area contributed by atoms with Gasteiger partial charge in [-0.3, -0.25) is 14.1 Å². The van der Waals surface area contributed by atoms with Gasteiger partial charge in [0.2, 0.25) is 10.0 Å². The van der Waals surface area contributed by atoms with Crippen molar-refractivity contribution in [1.82, 2.24) is 9.88 Å². The van der Waals surface area contributed by atoms with Crippen LogP contribution in [0.15, 0.2) is 42.6 Å². The molecular weight excluding hydrogens is 469 g/mol. The Morgan fingerprint density at radius 3 is 2.61 bits per heavy atom. The lowest BCUT2D eigenvalue weighted by Gasteiger charge is -2.27. The van der Waals surface area contributed by atoms with Crippen LogP contribution in [0, 0.1) is 11.7 Å². The fourth-order valence-electron chi connectivity index (χ4n) is 4.29. The third-order valence-corrected chi connectivity index (χ3v) is 8.20. The fraction of sp³-hybridized carbons (Fsp3) is 0.304. The molecule has 1 fully saturated rings. The van der Waals surface area contributed by atoms with Gasteiger partial charge in [0.1, 0.15) is 16.5 Å². The lowest BCUT2D eigenvalue weighted by atomic mass is 10.0. The van der Waals surface area contributed by atoms with E-state index in [1.165, 1.54) is 27.5 Å². The van der Waals surface area contributed by atoms with Crippen molar-refractivity contribution in [3.8, 4) is 5.75 Å². The first-order chi connectivity index (χ1) is 15.8. The van der Waals surface area contributed by atoms with Gasteiger partial charge in [0, 0.05) is 36.8 Å². The number of aromatic nitrogens is 1. The van der Waals surface area contributed by atoms with E-state index in [-0.39, 0.29) is 48.2 Å². The number of aromatic hydroxyl groups is 1. The number of carbonyl (C=O) groups excluding carboxylic acids is 1. The molecule has 33 heavy (non-hydrogen) atoms. The Morgan fingerprint density at radius 2 is 1.94 bits per heavy atom. The largest absolute Gasteiger partial charge is 0.505 e. The maximum Gasteiger partial charge on any atom is 0.258 e. The summed E-state index contributed by atoms with van der Waals surface area (Å²) < 4.78 is 40.7. The number of rotatable bonds is 7. The molecule has 0 saturated heterocycles. The van der Waals surface area contributed by atoms with Crippen LogP contribution in [0.5, 0.6) is 5.75 Å². The average molecular weight is 490 g/mol.